The maximum Gasteiger partial charge on any atom is 0.246 e. The minimum Gasteiger partial charge on any atom is -0.366 e. The van der Waals surface area contributed by atoms with Crippen molar-refractivity contribution in [2.75, 3.05) is 6.54 Å². The molecule has 1 aliphatic rings. The molecule has 16 heavy (non-hydrogen) atoms. The molecule has 1 amide bonds. The molecule has 0 saturated carbocycles. The minimum absolute atomic E-state index is 0.188. The van der Waals surface area contributed by atoms with Gasteiger partial charge in [0.25, 0.3) is 0 Å². The van der Waals surface area contributed by atoms with Crippen LogP contribution in [0.15, 0.2) is 11.6 Å². The molecule has 0 aromatic heterocycles. The number of carbonyl (C=O) groups excluding carboxylic acids is 1. The molecule has 4 nitrogen and oxygen atoms in total. The number of rotatable bonds is 3. The molecule has 1 atom stereocenters. The van der Waals surface area contributed by atoms with Gasteiger partial charge in [-0.25, -0.2) is 0 Å². The van der Waals surface area contributed by atoms with Crippen LogP contribution in [0.25, 0.3) is 0 Å². The number of hydrogen-bond donors (Lipinski definition) is 2. The molecule has 0 radical (unpaired) electrons. The Bertz CT molecular complexity index is 331. The number of nitrogens with two attached hydrogens (primary N) is 2. The van der Waals surface area contributed by atoms with Crippen molar-refractivity contribution >= 4 is 5.91 Å². The lowest BCUT2D eigenvalue weighted by atomic mass is 9.93. The SMILES string of the molecule is CC(CN)N1C(C)(C)C=C(C(N)=O)C1(C)C. The van der Waals surface area contributed by atoms with Crippen LogP contribution in [-0.4, -0.2) is 34.5 Å². The Morgan fingerprint density at radius 1 is 1.44 bits per heavy atom. The lowest BCUT2D eigenvalue weighted by Gasteiger charge is -2.45. The van der Waals surface area contributed by atoms with Gasteiger partial charge in [-0.1, -0.05) is 6.08 Å². The number of carbonyl (C=O) groups is 1. The molecular weight excluding hydrogens is 202 g/mol. The molecule has 92 valence electrons. The highest BCUT2D eigenvalue weighted by molar-refractivity contribution is 5.95. The van der Waals surface area contributed by atoms with Gasteiger partial charge >= 0.3 is 0 Å². The summed E-state index contributed by atoms with van der Waals surface area (Å²) in [4.78, 5) is 13.7. The van der Waals surface area contributed by atoms with Crippen LogP contribution >= 0.6 is 0 Å². The Hall–Kier alpha value is -0.870. The molecule has 0 spiro atoms. The van der Waals surface area contributed by atoms with E-state index in [1.807, 2.05) is 19.9 Å². The maximum atomic E-state index is 11.5. The van der Waals surface area contributed by atoms with Crippen molar-refractivity contribution in [2.24, 2.45) is 11.5 Å². The van der Waals surface area contributed by atoms with Crippen LogP contribution in [0.3, 0.4) is 0 Å². The third kappa shape index (κ3) is 1.87. The van der Waals surface area contributed by atoms with Gasteiger partial charge in [0.05, 0.1) is 0 Å². The quantitative estimate of drug-likeness (QED) is 0.739. The van der Waals surface area contributed by atoms with Crippen molar-refractivity contribution in [1.82, 2.24) is 4.90 Å². The fourth-order valence-electron chi connectivity index (χ4n) is 3.05. The van der Waals surface area contributed by atoms with E-state index in [1.54, 1.807) is 0 Å². The molecule has 0 aromatic rings. The summed E-state index contributed by atoms with van der Waals surface area (Å²) in [5, 5.41) is 0. The Morgan fingerprint density at radius 3 is 2.25 bits per heavy atom. The molecule has 1 heterocycles. The van der Waals surface area contributed by atoms with Crippen LogP contribution < -0.4 is 11.5 Å². The number of nitrogens with zero attached hydrogens (tertiary/aromatic N) is 1. The van der Waals surface area contributed by atoms with Gasteiger partial charge in [0, 0.05) is 29.2 Å². The van der Waals surface area contributed by atoms with Crippen molar-refractivity contribution in [3.05, 3.63) is 11.6 Å². The van der Waals surface area contributed by atoms with Crippen LogP contribution in [0.2, 0.25) is 0 Å². The van der Waals surface area contributed by atoms with Crippen LogP contribution in [-0.2, 0) is 4.79 Å². The second kappa shape index (κ2) is 3.86. The summed E-state index contributed by atoms with van der Waals surface area (Å²) < 4.78 is 0. The lowest BCUT2D eigenvalue weighted by Crippen LogP contribution is -2.57. The van der Waals surface area contributed by atoms with E-state index < -0.39 is 0 Å². The van der Waals surface area contributed by atoms with Gasteiger partial charge in [0.2, 0.25) is 5.91 Å². The first-order chi connectivity index (χ1) is 7.14. The van der Waals surface area contributed by atoms with E-state index in [9.17, 15) is 4.79 Å². The van der Waals surface area contributed by atoms with Gasteiger partial charge in [0.1, 0.15) is 0 Å². The van der Waals surface area contributed by atoms with Gasteiger partial charge < -0.3 is 11.5 Å². The third-order valence-electron chi connectivity index (χ3n) is 3.43. The zero-order chi connectivity index (χ0) is 12.7. The van der Waals surface area contributed by atoms with Crippen LogP contribution in [0.1, 0.15) is 34.6 Å². The first kappa shape index (κ1) is 13.2. The second-order valence-electron chi connectivity index (χ2n) is 5.59. The summed E-state index contributed by atoms with van der Waals surface area (Å²) in [5.74, 6) is -0.343. The van der Waals surface area contributed by atoms with E-state index >= 15 is 0 Å². The number of primary amides is 1. The Balaban J connectivity index is 3.20. The molecule has 1 aliphatic heterocycles. The zero-order valence-electron chi connectivity index (χ0n) is 10.9. The molecule has 0 aromatic carbocycles. The standard InChI is InChI=1S/C12H23N3O/c1-8(7-13)15-11(2,3)6-9(10(14)16)12(15,4)5/h6,8H,7,13H2,1-5H3,(H2,14,16). The second-order valence-corrected chi connectivity index (χ2v) is 5.59. The summed E-state index contributed by atoms with van der Waals surface area (Å²) >= 11 is 0. The van der Waals surface area contributed by atoms with Gasteiger partial charge in [-0.05, 0) is 34.6 Å². The highest BCUT2D eigenvalue weighted by Crippen LogP contribution is 2.41. The molecule has 0 fully saturated rings. The smallest absolute Gasteiger partial charge is 0.246 e. The highest BCUT2D eigenvalue weighted by Gasteiger charge is 2.48. The first-order valence-electron chi connectivity index (χ1n) is 5.67. The van der Waals surface area contributed by atoms with E-state index in [0.29, 0.717) is 12.1 Å². The molecule has 4 N–H and O–H groups in total. The van der Waals surface area contributed by atoms with Crippen molar-refractivity contribution in [3.63, 3.8) is 0 Å². The Morgan fingerprint density at radius 2 is 1.94 bits per heavy atom. The van der Waals surface area contributed by atoms with Crippen LogP contribution in [0.4, 0.5) is 0 Å². The third-order valence-corrected chi connectivity index (χ3v) is 3.43. The van der Waals surface area contributed by atoms with Crippen molar-refractivity contribution in [1.29, 1.82) is 0 Å². The summed E-state index contributed by atoms with van der Waals surface area (Å²) in [6, 6.07) is 0.207. The van der Waals surface area contributed by atoms with Crippen molar-refractivity contribution in [2.45, 2.75) is 51.7 Å². The van der Waals surface area contributed by atoms with Gasteiger partial charge in [-0.15, -0.1) is 0 Å². The molecule has 4 heteroatoms. The molecule has 0 aliphatic carbocycles. The van der Waals surface area contributed by atoms with E-state index in [-0.39, 0.29) is 23.0 Å². The van der Waals surface area contributed by atoms with E-state index in [4.69, 9.17) is 11.5 Å². The molecular formula is C12H23N3O. The van der Waals surface area contributed by atoms with E-state index in [0.717, 1.165) is 0 Å². The molecule has 0 saturated heterocycles. The number of amides is 1. The fraction of sp³-hybridized carbons (Fsp3) is 0.750. The van der Waals surface area contributed by atoms with Crippen LogP contribution in [0, 0.1) is 0 Å². The average molecular weight is 225 g/mol. The fourth-order valence-corrected chi connectivity index (χ4v) is 3.05. The van der Waals surface area contributed by atoms with Gasteiger partial charge in [-0.3, -0.25) is 9.69 Å². The minimum atomic E-state index is -0.353. The van der Waals surface area contributed by atoms with Crippen molar-refractivity contribution < 1.29 is 4.79 Å². The topological polar surface area (TPSA) is 72.3 Å². The molecule has 1 rings (SSSR count). The predicted octanol–water partition coefficient (Wildman–Crippen LogP) is 0.618. The highest BCUT2D eigenvalue weighted by atomic mass is 16.1. The van der Waals surface area contributed by atoms with Crippen LogP contribution in [0.5, 0.6) is 0 Å². The summed E-state index contributed by atoms with van der Waals surface area (Å²) in [5.41, 5.74) is 11.3. The summed E-state index contributed by atoms with van der Waals surface area (Å²) in [6.45, 7) is 10.8. The monoisotopic (exact) mass is 225 g/mol. The molecule has 0 bridgehead atoms. The molecule has 1 unspecified atom stereocenters. The summed E-state index contributed by atoms with van der Waals surface area (Å²) in [6.07, 6.45) is 1.96. The average Bonchev–Trinajstić information content (AvgIpc) is 2.31. The normalized spacial score (nSPS) is 25.2. The summed E-state index contributed by atoms with van der Waals surface area (Å²) in [7, 11) is 0. The Kier molecular flexibility index (Phi) is 3.18. The van der Waals surface area contributed by atoms with Gasteiger partial charge in [-0.2, -0.15) is 0 Å². The first-order valence-corrected chi connectivity index (χ1v) is 5.67. The maximum absolute atomic E-state index is 11.5. The number of hydrogen-bond acceptors (Lipinski definition) is 3. The van der Waals surface area contributed by atoms with Gasteiger partial charge in [0.15, 0.2) is 0 Å². The Labute approximate surface area is 97.7 Å². The van der Waals surface area contributed by atoms with E-state index in [1.165, 1.54) is 0 Å². The largest absolute Gasteiger partial charge is 0.366 e. The zero-order valence-corrected chi connectivity index (χ0v) is 10.9. The predicted molar refractivity (Wildman–Crippen MR) is 65.8 cm³/mol. The lowest BCUT2D eigenvalue weighted by molar-refractivity contribution is -0.115. The van der Waals surface area contributed by atoms with E-state index in [2.05, 4.69) is 25.7 Å². The van der Waals surface area contributed by atoms with Crippen molar-refractivity contribution in [3.8, 4) is 0 Å².